The fraction of sp³-hybridized carbons (Fsp3) is 0.643. The van der Waals surface area contributed by atoms with Crippen molar-refractivity contribution in [3.63, 3.8) is 0 Å². The topological polar surface area (TPSA) is 84.5 Å². The Labute approximate surface area is 123 Å². The van der Waals surface area contributed by atoms with Crippen molar-refractivity contribution in [2.45, 2.75) is 45.9 Å². The zero-order valence-corrected chi connectivity index (χ0v) is 12.9. The zero-order valence-electron chi connectivity index (χ0n) is 12.9. The van der Waals surface area contributed by atoms with Gasteiger partial charge in [0.05, 0.1) is 12.2 Å². The maximum atomic E-state index is 12.1. The molecule has 0 aromatic carbocycles. The fourth-order valence-corrected chi connectivity index (χ4v) is 2.18. The molecular weight excluding hydrogens is 274 g/mol. The number of hydrogen-bond acceptors (Lipinski definition) is 5. The van der Waals surface area contributed by atoms with Crippen molar-refractivity contribution in [2.24, 2.45) is 0 Å². The Morgan fingerprint density at radius 1 is 1.43 bits per heavy atom. The molecular formula is C14H21N3O4. The van der Waals surface area contributed by atoms with Gasteiger partial charge in [-0.2, -0.15) is 0 Å². The van der Waals surface area contributed by atoms with Crippen molar-refractivity contribution in [3.8, 4) is 0 Å². The molecule has 2 heterocycles. The number of rotatable bonds is 2. The molecule has 0 unspecified atom stereocenters. The maximum absolute atomic E-state index is 12.1. The third-order valence-electron chi connectivity index (χ3n) is 3.06. The number of nitrogens with zero attached hydrogens (tertiary/aromatic N) is 2. The lowest BCUT2D eigenvalue weighted by molar-refractivity contribution is 0.0219. The fourth-order valence-electron chi connectivity index (χ4n) is 2.18. The van der Waals surface area contributed by atoms with Gasteiger partial charge < -0.3 is 19.4 Å². The van der Waals surface area contributed by atoms with E-state index >= 15 is 0 Å². The smallest absolute Gasteiger partial charge is 0.410 e. The highest BCUT2D eigenvalue weighted by Crippen LogP contribution is 2.17. The van der Waals surface area contributed by atoms with Crippen LogP contribution in [0.15, 0.2) is 4.79 Å². The predicted octanol–water partition coefficient (Wildman–Crippen LogP) is 1.21. The number of amides is 1. The molecule has 0 aliphatic carbocycles. The molecule has 0 fully saturated rings. The second-order valence-electron chi connectivity index (χ2n) is 6.02. The Hall–Kier alpha value is -1.89. The molecule has 7 heteroatoms. The third-order valence-corrected chi connectivity index (χ3v) is 3.06. The van der Waals surface area contributed by atoms with Crippen LogP contribution in [0.5, 0.6) is 0 Å². The van der Waals surface area contributed by atoms with Gasteiger partial charge in [-0.3, -0.25) is 4.79 Å². The molecule has 1 aliphatic heterocycles. The summed E-state index contributed by atoms with van der Waals surface area (Å²) in [5.74, 6) is 0.465. The van der Waals surface area contributed by atoms with E-state index in [0.29, 0.717) is 30.0 Å². The molecule has 0 atom stereocenters. The van der Waals surface area contributed by atoms with Gasteiger partial charge in [0.15, 0.2) is 0 Å². The van der Waals surface area contributed by atoms with E-state index in [1.165, 1.54) is 7.11 Å². The van der Waals surface area contributed by atoms with Gasteiger partial charge in [0.25, 0.3) is 5.56 Å². The van der Waals surface area contributed by atoms with Crippen molar-refractivity contribution in [2.75, 3.05) is 13.7 Å². The SMILES string of the molecule is COCc1nc2c(c(=O)[nH]1)CCN(C(=O)OC(C)(C)C)C2. The van der Waals surface area contributed by atoms with E-state index in [4.69, 9.17) is 9.47 Å². The maximum Gasteiger partial charge on any atom is 0.410 e. The second-order valence-corrected chi connectivity index (χ2v) is 6.02. The first-order chi connectivity index (χ1) is 9.80. The number of aromatic amines is 1. The molecule has 21 heavy (non-hydrogen) atoms. The molecule has 0 radical (unpaired) electrons. The van der Waals surface area contributed by atoms with Crippen molar-refractivity contribution in [3.05, 3.63) is 27.4 Å². The largest absolute Gasteiger partial charge is 0.444 e. The Bertz CT molecular complexity index is 589. The van der Waals surface area contributed by atoms with Crippen molar-refractivity contribution in [1.82, 2.24) is 14.9 Å². The van der Waals surface area contributed by atoms with E-state index < -0.39 is 5.60 Å². The van der Waals surface area contributed by atoms with E-state index in [-0.39, 0.29) is 24.8 Å². The van der Waals surface area contributed by atoms with Gasteiger partial charge in [0.1, 0.15) is 18.0 Å². The molecule has 1 aliphatic rings. The molecule has 7 nitrogen and oxygen atoms in total. The quantitative estimate of drug-likeness (QED) is 0.886. The average molecular weight is 295 g/mol. The number of carbonyl (C=O) groups is 1. The third kappa shape index (κ3) is 3.81. The normalized spacial score (nSPS) is 14.8. The van der Waals surface area contributed by atoms with Crippen LogP contribution in [0.4, 0.5) is 4.79 Å². The van der Waals surface area contributed by atoms with E-state index in [0.717, 1.165) is 0 Å². The minimum atomic E-state index is -0.542. The lowest BCUT2D eigenvalue weighted by Crippen LogP contribution is -2.42. The van der Waals surface area contributed by atoms with Crippen LogP contribution in [0.2, 0.25) is 0 Å². The van der Waals surface area contributed by atoms with Crippen LogP contribution in [-0.4, -0.2) is 40.2 Å². The number of fused-ring (bicyclic) bond motifs is 1. The minimum absolute atomic E-state index is 0.157. The van der Waals surface area contributed by atoms with Crippen LogP contribution >= 0.6 is 0 Å². The summed E-state index contributed by atoms with van der Waals surface area (Å²) >= 11 is 0. The van der Waals surface area contributed by atoms with Crippen molar-refractivity contribution in [1.29, 1.82) is 0 Å². The number of methoxy groups -OCH3 is 1. The number of aromatic nitrogens is 2. The predicted molar refractivity (Wildman–Crippen MR) is 75.9 cm³/mol. The summed E-state index contributed by atoms with van der Waals surface area (Å²) in [5, 5.41) is 0. The Morgan fingerprint density at radius 3 is 2.76 bits per heavy atom. The van der Waals surface area contributed by atoms with E-state index in [1.54, 1.807) is 4.90 Å². The summed E-state index contributed by atoms with van der Waals surface area (Å²) in [4.78, 5) is 32.7. The van der Waals surface area contributed by atoms with Crippen LogP contribution in [0, 0.1) is 0 Å². The van der Waals surface area contributed by atoms with E-state index in [1.807, 2.05) is 20.8 Å². The van der Waals surface area contributed by atoms with Gasteiger partial charge in [-0.15, -0.1) is 0 Å². The Balaban J connectivity index is 2.19. The van der Waals surface area contributed by atoms with Gasteiger partial charge in [0, 0.05) is 19.2 Å². The summed E-state index contributed by atoms with van der Waals surface area (Å²) in [5.41, 5.74) is 0.550. The number of nitrogens with one attached hydrogen (secondary N) is 1. The van der Waals surface area contributed by atoms with Gasteiger partial charge in [-0.1, -0.05) is 0 Å². The summed E-state index contributed by atoms with van der Waals surface area (Å²) in [6, 6.07) is 0. The van der Waals surface area contributed by atoms with Crippen LogP contribution in [0.1, 0.15) is 37.9 Å². The summed E-state index contributed by atoms with van der Waals surface area (Å²) in [6.45, 7) is 6.43. The van der Waals surface area contributed by atoms with Crippen LogP contribution in [0.25, 0.3) is 0 Å². The summed E-state index contributed by atoms with van der Waals surface area (Å²) in [6.07, 6.45) is 0.0907. The molecule has 1 aromatic heterocycles. The Morgan fingerprint density at radius 2 is 2.14 bits per heavy atom. The standard InChI is InChI=1S/C14H21N3O4/c1-14(2,3)21-13(19)17-6-5-9-10(7-17)15-11(8-20-4)16-12(9)18/h5-8H2,1-4H3,(H,15,16,18). The zero-order chi connectivity index (χ0) is 15.6. The molecule has 0 saturated carbocycles. The summed E-state index contributed by atoms with van der Waals surface area (Å²) in [7, 11) is 1.53. The van der Waals surface area contributed by atoms with Gasteiger partial charge in [0.2, 0.25) is 0 Å². The first kappa shape index (κ1) is 15.5. The van der Waals surface area contributed by atoms with Gasteiger partial charge in [-0.05, 0) is 27.2 Å². The average Bonchev–Trinajstić information content (AvgIpc) is 2.36. The molecule has 1 aromatic rings. The van der Waals surface area contributed by atoms with E-state index in [9.17, 15) is 9.59 Å². The lowest BCUT2D eigenvalue weighted by atomic mass is 10.1. The number of carbonyl (C=O) groups excluding carboxylic acids is 1. The highest BCUT2D eigenvalue weighted by molar-refractivity contribution is 5.68. The molecule has 0 saturated heterocycles. The van der Waals surface area contributed by atoms with Crippen LogP contribution < -0.4 is 5.56 Å². The molecule has 1 amide bonds. The van der Waals surface area contributed by atoms with Crippen molar-refractivity contribution >= 4 is 6.09 Å². The monoisotopic (exact) mass is 295 g/mol. The highest BCUT2D eigenvalue weighted by Gasteiger charge is 2.27. The Kier molecular flexibility index (Phi) is 4.32. The van der Waals surface area contributed by atoms with Crippen molar-refractivity contribution < 1.29 is 14.3 Å². The minimum Gasteiger partial charge on any atom is -0.444 e. The van der Waals surface area contributed by atoms with Gasteiger partial charge in [-0.25, -0.2) is 9.78 Å². The lowest BCUT2D eigenvalue weighted by Gasteiger charge is -2.30. The highest BCUT2D eigenvalue weighted by atomic mass is 16.6. The van der Waals surface area contributed by atoms with E-state index in [2.05, 4.69) is 9.97 Å². The first-order valence-electron chi connectivity index (χ1n) is 6.88. The number of hydrogen-bond donors (Lipinski definition) is 1. The number of H-pyrrole nitrogens is 1. The molecule has 0 bridgehead atoms. The summed E-state index contributed by atoms with van der Waals surface area (Å²) < 4.78 is 10.3. The second kappa shape index (κ2) is 5.85. The molecule has 2 rings (SSSR count). The number of ether oxygens (including phenoxy) is 2. The van der Waals surface area contributed by atoms with Crippen LogP contribution in [-0.2, 0) is 29.0 Å². The van der Waals surface area contributed by atoms with Crippen LogP contribution in [0.3, 0.4) is 0 Å². The first-order valence-corrected chi connectivity index (χ1v) is 6.88. The molecule has 1 N–H and O–H groups in total. The molecule has 0 spiro atoms. The van der Waals surface area contributed by atoms with Gasteiger partial charge >= 0.3 is 6.09 Å². The molecule has 116 valence electrons.